The molecule has 0 spiro atoms. The molecule has 1 N–H and O–H groups in total. The second-order valence-corrected chi connectivity index (χ2v) is 4.28. The first-order valence-corrected chi connectivity index (χ1v) is 5.24. The highest BCUT2D eigenvalue weighted by molar-refractivity contribution is 4.71. The number of hydrogen-bond acceptors (Lipinski definition) is 1. The van der Waals surface area contributed by atoms with E-state index in [4.69, 9.17) is 0 Å². The molecule has 0 rings (SSSR count). The maximum Gasteiger partial charge on any atom is 0.0617 e. The molecule has 12 heavy (non-hydrogen) atoms. The third kappa shape index (κ3) is 5.59. The zero-order chi connectivity index (χ0) is 9.61. The van der Waals surface area contributed by atoms with E-state index in [9.17, 15) is 5.11 Å². The third-order valence-corrected chi connectivity index (χ3v) is 2.72. The fraction of sp³-hybridized carbons (Fsp3) is 1.00. The van der Waals surface area contributed by atoms with Gasteiger partial charge in [0.1, 0.15) is 0 Å². The molecule has 0 amide bonds. The highest BCUT2D eigenvalue weighted by Gasteiger charge is 2.17. The maximum atomic E-state index is 9.74. The molecule has 2 atom stereocenters. The van der Waals surface area contributed by atoms with E-state index >= 15 is 0 Å². The van der Waals surface area contributed by atoms with E-state index in [1.54, 1.807) is 0 Å². The Bertz CT molecular complexity index is 108. The first-order valence-electron chi connectivity index (χ1n) is 5.24. The molecule has 0 saturated carbocycles. The normalized spacial score (nSPS) is 18.8. The van der Waals surface area contributed by atoms with E-state index < -0.39 is 5.60 Å². The maximum absolute atomic E-state index is 9.74. The molecule has 0 aliphatic heterocycles. The van der Waals surface area contributed by atoms with Crippen molar-refractivity contribution >= 4 is 0 Å². The zero-order valence-corrected chi connectivity index (χ0v) is 9.06. The van der Waals surface area contributed by atoms with Crippen LogP contribution >= 0.6 is 0 Å². The van der Waals surface area contributed by atoms with E-state index in [2.05, 4.69) is 13.8 Å². The van der Waals surface area contributed by atoms with Crippen LogP contribution in [0.15, 0.2) is 0 Å². The van der Waals surface area contributed by atoms with Crippen LogP contribution in [0.3, 0.4) is 0 Å². The van der Waals surface area contributed by atoms with Gasteiger partial charge in [-0.1, -0.05) is 33.6 Å². The van der Waals surface area contributed by atoms with E-state index in [1.165, 1.54) is 12.8 Å². The molecule has 0 aliphatic rings. The topological polar surface area (TPSA) is 20.2 Å². The molecule has 1 heteroatoms. The van der Waals surface area contributed by atoms with Crippen molar-refractivity contribution in [2.24, 2.45) is 5.92 Å². The second-order valence-electron chi connectivity index (χ2n) is 4.28. The molecule has 1 nitrogen and oxygen atoms in total. The van der Waals surface area contributed by atoms with Gasteiger partial charge in [0.15, 0.2) is 0 Å². The lowest BCUT2D eigenvalue weighted by molar-refractivity contribution is 0.0405. The molecule has 0 aromatic heterocycles. The van der Waals surface area contributed by atoms with E-state index in [-0.39, 0.29) is 0 Å². The van der Waals surface area contributed by atoms with Crippen LogP contribution in [0.1, 0.15) is 59.8 Å². The molecule has 0 radical (unpaired) electrons. The lowest BCUT2D eigenvalue weighted by Crippen LogP contribution is -2.23. The lowest BCUT2D eigenvalue weighted by atomic mass is 9.91. The molecule has 74 valence electrons. The van der Waals surface area contributed by atoms with Gasteiger partial charge in [0.2, 0.25) is 0 Å². The molecule has 2 unspecified atom stereocenters. The van der Waals surface area contributed by atoms with Crippen LogP contribution in [0.25, 0.3) is 0 Å². The summed E-state index contributed by atoms with van der Waals surface area (Å²) in [5, 5.41) is 9.74. The van der Waals surface area contributed by atoms with Crippen molar-refractivity contribution in [1.29, 1.82) is 0 Å². The van der Waals surface area contributed by atoms with Crippen molar-refractivity contribution in [1.82, 2.24) is 0 Å². The van der Waals surface area contributed by atoms with Gasteiger partial charge in [-0.15, -0.1) is 0 Å². The molecule has 0 aliphatic carbocycles. The second kappa shape index (κ2) is 5.58. The molecule has 0 bridgehead atoms. The summed E-state index contributed by atoms with van der Waals surface area (Å²) in [5.74, 6) is 0.771. The van der Waals surface area contributed by atoms with Crippen molar-refractivity contribution in [2.45, 2.75) is 65.4 Å². The summed E-state index contributed by atoms with van der Waals surface area (Å²) < 4.78 is 0. The van der Waals surface area contributed by atoms with Crippen LogP contribution in [0.5, 0.6) is 0 Å². The van der Waals surface area contributed by atoms with Crippen molar-refractivity contribution in [2.75, 3.05) is 0 Å². The summed E-state index contributed by atoms with van der Waals surface area (Å²) >= 11 is 0. The molecular formula is C11H24O. The SMILES string of the molecule is CCCC(C)CCC(C)(O)CC. The average molecular weight is 172 g/mol. The Balaban J connectivity index is 3.52. The monoisotopic (exact) mass is 172 g/mol. The number of rotatable bonds is 6. The quantitative estimate of drug-likeness (QED) is 0.651. The molecule has 0 saturated heterocycles. The van der Waals surface area contributed by atoms with Crippen molar-refractivity contribution in [3.8, 4) is 0 Å². The number of aliphatic hydroxyl groups is 1. The molecule has 0 fully saturated rings. The molecule has 0 heterocycles. The predicted molar refractivity (Wildman–Crippen MR) is 54.2 cm³/mol. The van der Waals surface area contributed by atoms with Crippen LogP contribution in [0, 0.1) is 5.92 Å². The fourth-order valence-electron chi connectivity index (χ4n) is 1.37. The van der Waals surface area contributed by atoms with Gasteiger partial charge in [-0.2, -0.15) is 0 Å². The van der Waals surface area contributed by atoms with Gasteiger partial charge in [0.05, 0.1) is 5.60 Å². The van der Waals surface area contributed by atoms with Crippen LogP contribution in [-0.2, 0) is 0 Å². The highest BCUT2D eigenvalue weighted by atomic mass is 16.3. The first-order chi connectivity index (χ1) is 5.52. The van der Waals surface area contributed by atoms with Gasteiger partial charge in [-0.3, -0.25) is 0 Å². The summed E-state index contributed by atoms with van der Waals surface area (Å²) in [4.78, 5) is 0. The Labute approximate surface area is 77.2 Å². The Hall–Kier alpha value is -0.0400. The molecular weight excluding hydrogens is 148 g/mol. The van der Waals surface area contributed by atoms with Gasteiger partial charge in [0, 0.05) is 0 Å². The van der Waals surface area contributed by atoms with Crippen LogP contribution in [0.4, 0.5) is 0 Å². The summed E-state index contributed by atoms with van der Waals surface area (Å²) in [6.07, 6.45) is 5.53. The highest BCUT2D eigenvalue weighted by Crippen LogP contribution is 2.21. The zero-order valence-electron chi connectivity index (χ0n) is 9.06. The fourth-order valence-corrected chi connectivity index (χ4v) is 1.37. The Morgan fingerprint density at radius 3 is 2.25 bits per heavy atom. The van der Waals surface area contributed by atoms with Crippen molar-refractivity contribution in [3.05, 3.63) is 0 Å². The summed E-state index contributed by atoms with van der Waals surface area (Å²) in [5.41, 5.74) is -0.429. The van der Waals surface area contributed by atoms with Crippen LogP contribution in [-0.4, -0.2) is 10.7 Å². The minimum Gasteiger partial charge on any atom is -0.390 e. The van der Waals surface area contributed by atoms with E-state index in [0.29, 0.717) is 0 Å². The molecule has 0 aromatic rings. The van der Waals surface area contributed by atoms with Gasteiger partial charge in [0.25, 0.3) is 0 Å². The van der Waals surface area contributed by atoms with Crippen LogP contribution < -0.4 is 0 Å². The predicted octanol–water partition coefficient (Wildman–Crippen LogP) is 3.36. The Morgan fingerprint density at radius 1 is 1.25 bits per heavy atom. The Morgan fingerprint density at radius 2 is 1.83 bits per heavy atom. The summed E-state index contributed by atoms with van der Waals surface area (Å²) in [7, 11) is 0. The van der Waals surface area contributed by atoms with Crippen molar-refractivity contribution in [3.63, 3.8) is 0 Å². The lowest BCUT2D eigenvalue weighted by Gasteiger charge is -2.22. The van der Waals surface area contributed by atoms with Gasteiger partial charge in [-0.25, -0.2) is 0 Å². The largest absolute Gasteiger partial charge is 0.390 e. The third-order valence-electron chi connectivity index (χ3n) is 2.72. The van der Waals surface area contributed by atoms with Gasteiger partial charge in [-0.05, 0) is 32.1 Å². The minimum absolute atomic E-state index is 0.429. The minimum atomic E-state index is -0.429. The number of hydrogen-bond donors (Lipinski definition) is 1. The van der Waals surface area contributed by atoms with Crippen molar-refractivity contribution < 1.29 is 5.11 Å². The summed E-state index contributed by atoms with van der Waals surface area (Å²) in [6.45, 7) is 8.47. The average Bonchev–Trinajstić information content (AvgIpc) is 2.02. The van der Waals surface area contributed by atoms with Gasteiger partial charge < -0.3 is 5.11 Å². The summed E-state index contributed by atoms with van der Waals surface area (Å²) in [6, 6.07) is 0. The Kier molecular flexibility index (Phi) is 5.56. The van der Waals surface area contributed by atoms with Crippen LogP contribution in [0.2, 0.25) is 0 Å². The first kappa shape index (κ1) is 12.0. The smallest absolute Gasteiger partial charge is 0.0617 e. The van der Waals surface area contributed by atoms with E-state index in [0.717, 1.165) is 25.2 Å². The standard InChI is InChI=1S/C11H24O/c1-5-7-10(3)8-9-11(4,12)6-2/h10,12H,5-9H2,1-4H3. The van der Waals surface area contributed by atoms with E-state index in [1.807, 2.05) is 13.8 Å². The molecule has 0 aromatic carbocycles. The van der Waals surface area contributed by atoms with Gasteiger partial charge >= 0.3 is 0 Å².